The van der Waals surface area contributed by atoms with E-state index in [1.54, 1.807) is 0 Å². The molecular weight excluding hydrogens is 98.1 g/mol. The third-order valence-corrected chi connectivity index (χ3v) is 2.44. The first-order valence-electron chi connectivity index (χ1n) is 3.10. The van der Waals surface area contributed by atoms with Gasteiger partial charge in [0.15, 0.2) is 0 Å². The molecule has 0 amide bonds. The van der Waals surface area contributed by atoms with Crippen LogP contribution in [0.1, 0.15) is 26.7 Å². The van der Waals surface area contributed by atoms with Crippen molar-refractivity contribution in [3.05, 3.63) is 0 Å². The van der Waals surface area contributed by atoms with Crippen LogP contribution in [0.2, 0.25) is 0 Å². The van der Waals surface area contributed by atoms with E-state index < -0.39 is 0 Å². The second-order valence-electron chi connectivity index (χ2n) is 2.97. The van der Waals surface area contributed by atoms with Crippen LogP contribution < -0.4 is 0 Å². The number of nitriles is 1. The maximum Gasteiger partial charge on any atom is 0.0689 e. The standard InChI is InChI=1S/C7H11N/c1-6-3-4-7(6,2)5-8/h6H,3-4H2,1-2H3. The van der Waals surface area contributed by atoms with Gasteiger partial charge in [0.25, 0.3) is 0 Å². The second-order valence-corrected chi connectivity index (χ2v) is 2.97. The summed E-state index contributed by atoms with van der Waals surface area (Å²) < 4.78 is 0. The highest BCUT2D eigenvalue weighted by Gasteiger charge is 2.39. The predicted molar refractivity (Wildman–Crippen MR) is 32.1 cm³/mol. The molecule has 44 valence electrons. The van der Waals surface area contributed by atoms with Crippen molar-refractivity contribution >= 4 is 0 Å². The van der Waals surface area contributed by atoms with Gasteiger partial charge in [-0.25, -0.2) is 0 Å². The molecule has 0 saturated heterocycles. The summed E-state index contributed by atoms with van der Waals surface area (Å²) in [6.07, 6.45) is 2.34. The Balaban J connectivity index is 2.59. The van der Waals surface area contributed by atoms with Gasteiger partial charge in [0, 0.05) is 0 Å². The van der Waals surface area contributed by atoms with Crippen molar-refractivity contribution in [2.24, 2.45) is 11.3 Å². The molecule has 1 saturated carbocycles. The minimum Gasteiger partial charge on any atom is -0.198 e. The van der Waals surface area contributed by atoms with Gasteiger partial charge in [-0.3, -0.25) is 0 Å². The Morgan fingerprint density at radius 3 is 2.38 bits per heavy atom. The zero-order chi connectivity index (χ0) is 6.20. The predicted octanol–water partition coefficient (Wildman–Crippen LogP) is 1.95. The molecule has 2 atom stereocenters. The molecule has 0 N–H and O–H groups in total. The van der Waals surface area contributed by atoms with Crippen LogP contribution in [0.5, 0.6) is 0 Å². The topological polar surface area (TPSA) is 23.8 Å². The molecule has 0 bridgehead atoms. The van der Waals surface area contributed by atoms with Crippen molar-refractivity contribution in [1.29, 1.82) is 5.26 Å². The molecule has 8 heavy (non-hydrogen) atoms. The van der Waals surface area contributed by atoms with Crippen LogP contribution in [0.4, 0.5) is 0 Å². The summed E-state index contributed by atoms with van der Waals surface area (Å²) in [4.78, 5) is 0. The fourth-order valence-corrected chi connectivity index (χ4v) is 1.03. The Bertz CT molecular complexity index is 134. The smallest absolute Gasteiger partial charge is 0.0689 e. The molecule has 1 aliphatic rings. The van der Waals surface area contributed by atoms with Crippen molar-refractivity contribution in [2.45, 2.75) is 26.7 Å². The Labute approximate surface area is 50.3 Å². The molecule has 1 aliphatic carbocycles. The largest absolute Gasteiger partial charge is 0.198 e. The van der Waals surface area contributed by atoms with E-state index in [1.165, 1.54) is 6.42 Å². The number of hydrogen-bond donors (Lipinski definition) is 0. The third-order valence-electron chi connectivity index (χ3n) is 2.44. The SMILES string of the molecule is CC1CCC1(C)C#N. The fourth-order valence-electron chi connectivity index (χ4n) is 1.03. The maximum absolute atomic E-state index is 8.57. The average molecular weight is 109 g/mol. The summed E-state index contributed by atoms with van der Waals surface area (Å²) in [6, 6.07) is 2.33. The van der Waals surface area contributed by atoms with Crippen LogP contribution >= 0.6 is 0 Å². The van der Waals surface area contributed by atoms with Gasteiger partial charge in [0.05, 0.1) is 11.5 Å². The van der Waals surface area contributed by atoms with E-state index in [1.807, 2.05) is 6.92 Å². The van der Waals surface area contributed by atoms with Crippen molar-refractivity contribution in [1.82, 2.24) is 0 Å². The van der Waals surface area contributed by atoms with Gasteiger partial charge in [-0.1, -0.05) is 6.92 Å². The minimum absolute atomic E-state index is 0.0278. The van der Waals surface area contributed by atoms with Gasteiger partial charge < -0.3 is 0 Å². The lowest BCUT2D eigenvalue weighted by Gasteiger charge is -2.38. The minimum atomic E-state index is 0.0278. The summed E-state index contributed by atoms with van der Waals surface area (Å²) in [7, 11) is 0. The normalized spacial score (nSPS) is 44.9. The van der Waals surface area contributed by atoms with Gasteiger partial charge in [-0.2, -0.15) is 5.26 Å². The Kier molecular flexibility index (Phi) is 1.04. The van der Waals surface area contributed by atoms with Crippen molar-refractivity contribution in [2.75, 3.05) is 0 Å². The Morgan fingerprint density at radius 2 is 2.38 bits per heavy atom. The zero-order valence-electron chi connectivity index (χ0n) is 5.44. The highest BCUT2D eigenvalue weighted by Crippen LogP contribution is 2.44. The fraction of sp³-hybridized carbons (Fsp3) is 0.857. The summed E-state index contributed by atoms with van der Waals surface area (Å²) in [5, 5.41) is 8.57. The highest BCUT2D eigenvalue weighted by molar-refractivity contribution is 5.05. The van der Waals surface area contributed by atoms with Crippen molar-refractivity contribution in [3.63, 3.8) is 0 Å². The van der Waals surface area contributed by atoms with E-state index in [-0.39, 0.29) is 5.41 Å². The molecule has 0 aromatic heterocycles. The molecule has 0 heterocycles. The Hall–Kier alpha value is -0.510. The summed E-state index contributed by atoms with van der Waals surface area (Å²) >= 11 is 0. The first-order valence-corrected chi connectivity index (χ1v) is 3.10. The van der Waals surface area contributed by atoms with Crippen molar-refractivity contribution < 1.29 is 0 Å². The van der Waals surface area contributed by atoms with E-state index in [4.69, 9.17) is 5.26 Å². The van der Waals surface area contributed by atoms with Crippen molar-refractivity contribution in [3.8, 4) is 6.07 Å². The average Bonchev–Trinajstić information content (AvgIpc) is 1.83. The lowest BCUT2D eigenvalue weighted by molar-refractivity contribution is 0.134. The first kappa shape index (κ1) is 5.62. The van der Waals surface area contributed by atoms with Crippen LogP contribution in [0.15, 0.2) is 0 Å². The van der Waals surface area contributed by atoms with Gasteiger partial charge in [0.1, 0.15) is 0 Å². The van der Waals surface area contributed by atoms with Crippen LogP contribution in [-0.2, 0) is 0 Å². The molecule has 1 rings (SSSR count). The zero-order valence-corrected chi connectivity index (χ0v) is 5.44. The number of hydrogen-bond acceptors (Lipinski definition) is 1. The first-order chi connectivity index (χ1) is 3.69. The molecule has 1 fully saturated rings. The van der Waals surface area contributed by atoms with E-state index in [9.17, 15) is 0 Å². The monoisotopic (exact) mass is 109 g/mol. The molecule has 0 spiro atoms. The van der Waals surface area contributed by atoms with E-state index >= 15 is 0 Å². The number of rotatable bonds is 0. The van der Waals surface area contributed by atoms with Gasteiger partial charge >= 0.3 is 0 Å². The highest BCUT2D eigenvalue weighted by atomic mass is 14.5. The van der Waals surface area contributed by atoms with Gasteiger partial charge in [-0.15, -0.1) is 0 Å². The molecule has 1 heteroatoms. The van der Waals surface area contributed by atoms with Crippen LogP contribution in [-0.4, -0.2) is 0 Å². The molecule has 0 aliphatic heterocycles. The maximum atomic E-state index is 8.57. The lowest BCUT2D eigenvalue weighted by Crippen LogP contribution is -2.33. The molecule has 2 unspecified atom stereocenters. The lowest BCUT2D eigenvalue weighted by atomic mass is 9.63. The second kappa shape index (κ2) is 1.48. The summed E-state index contributed by atoms with van der Waals surface area (Å²) in [5.41, 5.74) is 0.0278. The molecule has 1 nitrogen and oxygen atoms in total. The third kappa shape index (κ3) is 0.527. The molecule has 0 aromatic carbocycles. The molecule has 0 aromatic rings. The summed E-state index contributed by atoms with van der Waals surface area (Å²) in [6.45, 7) is 4.19. The van der Waals surface area contributed by atoms with Crippen LogP contribution in [0.25, 0.3) is 0 Å². The number of nitrogens with zero attached hydrogens (tertiary/aromatic N) is 1. The van der Waals surface area contributed by atoms with Crippen LogP contribution in [0.3, 0.4) is 0 Å². The Morgan fingerprint density at radius 1 is 1.75 bits per heavy atom. The molecule has 0 radical (unpaired) electrons. The van der Waals surface area contributed by atoms with E-state index in [2.05, 4.69) is 13.0 Å². The van der Waals surface area contributed by atoms with E-state index in [0.717, 1.165) is 6.42 Å². The van der Waals surface area contributed by atoms with Crippen LogP contribution in [0, 0.1) is 22.7 Å². The van der Waals surface area contributed by atoms with E-state index in [0.29, 0.717) is 5.92 Å². The van der Waals surface area contributed by atoms with Gasteiger partial charge in [0.2, 0.25) is 0 Å². The van der Waals surface area contributed by atoms with Gasteiger partial charge in [-0.05, 0) is 25.7 Å². The summed E-state index contributed by atoms with van der Waals surface area (Å²) in [5.74, 6) is 0.632. The molecular formula is C7H11N. The quantitative estimate of drug-likeness (QED) is 0.466.